The van der Waals surface area contributed by atoms with Crippen molar-refractivity contribution in [3.8, 4) is 11.5 Å². The molecule has 144 valence electrons. The van der Waals surface area contributed by atoms with Gasteiger partial charge in [0.2, 0.25) is 10.0 Å². The van der Waals surface area contributed by atoms with Crippen LogP contribution in [0.5, 0.6) is 11.5 Å². The summed E-state index contributed by atoms with van der Waals surface area (Å²) >= 11 is 0. The van der Waals surface area contributed by atoms with Crippen molar-refractivity contribution < 1.29 is 17.9 Å². The van der Waals surface area contributed by atoms with Gasteiger partial charge in [0.1, 0.15) is 0 Å². The van der Waals surface area contributed by atoms with Crippen molar-refractivity contribution in [2.24, 2.45) is 5.92 Å². The lowest BCUT2D eigenvalue weighted by atomic mass is 10.1. The Morgan fingerprint density at radius 1 is 1.00 bits per heavy atom. The van der Waals surface area contributed by atoms with Gasteiger partial charge in [-0.3, -0.25) is 0 Å². The normalized spacial score (nSPS) is 13.0. The fourth-order valence-electron chi connectivity index (χ4n) is 2.24. The quantitative estimate of drug-likeness (QED) is 0.595. The molecule has 0 aliphatic heterocycles. The van der Waals surface area contributed by atoms with Crippen molar-refractivity contribution in [2.75, 3.05) is 19.0 Å². The van der Waals surface area contributed by atoms with E-state index in [2.05, 4.69) is 11.6 Å². The SMILES string of the molecule is CCCOc1ccc(C(C)NS(=O)(=O)CCC(C)C)cc1OCCC. The molecular weight excluding hydrogens is 338 g/mol. The molecule has 25 heavy (non-hydrogen) atoms. The molecule has 1 rings (SSSR count). The van der Waals surface area contributed by atoms with E-state index in [9.17, 15) is 8.42 Å². The monoisotopic (exact) mass is 371 g/mol. The third-order valence-corrected chi connectivity index (χ3v) is 5.20. The van der Waals surface area contributed by atoms with E-state index >= 15 is 0 Å². The van der Waals surface area contributed by atoms with Crippen LogP contribution in [0.1, 0.15) is 65.5 Å². The van der Waals surface area contributed by atoms with Crippen molar-refractivity contribution in [1.29, 1.82) is 0 Å². The molecule has 0 aliphatic carbocycles. The van der Waals surface area contributed by atoms with Crippen LogP contribution in [0.15, 0.2) is 18.2 Å². The number of benzene rings is 1. The molecule has 1 aromatic carbocycles. The van der Waals surface area contributed by atoms with Gasteiger partial charge in [0.25, 0.3) is 0 Å². The highest BCUT2D eigenvalue weighted by atomic mass is 32.2. The third-order valence-electron chi connectivity index (χ3n) is 3.71. The first-order valence-electron chi connectivity index (χ1n) is 9.18. The third kappa shape index (κ3) is 8.10. The maximum Gasteiger partial charge on any atom is 0.212 e. The second-order valence-electron chi connectivity index (χ2n) is 6.74. The van der Waals surface area contributed by atoms with Crippen molar-refractivity contribution in [2.45, 2.75) is 59.9 Å². The second kappa shape index (κ2) is 10.7. The second-order valence-corrected chi connectivity index (χ2v) is 8.62. The predicted molar refractivity (Wildman–Crippen MR) is 103 cm³/mol. The lowest BCUT2D eigenvalue weighted by Crippen LogP contribution is -2.29. The summed E-state index contributed by atoms with van der Waals surface area (Å²) in [6.45, 7) is 11.2. The summed E-state index contributed by atoms with van der Waals surface area (Å²) in [6.07, 6.45) is 2.46. The van der Waals surface area contributed by atoms with Crippen LogP contribution in [0.25, 0.3) is 0 Å². The van der Waals surface area contributed by atoms with E-state index in [0.717, 1.165) is 18.4 Å². The summed E-state index contributed by atoms with van der Waals surface area (Å²) in [6, 6.07) is 5.30. The van der Waals surface area contributed by atoms with Crippen LogP contribution in [-0.2, 0) is 10.0 Å². The van der Waals surface area contributed by atoms with Crippen LogP contribution in [0.4, 0.5) is 0 Å². The molecule has 0 heterocycles. The van der Waals surface area contributed by atoms with Gasteiger partial charge in [-0.1, -0.05) is 33.8 Å². The highest BCUT2D eigenvalue weighted by molar-refractivity contribution is 7.89. The molecule has 0 radical (unpaired) electrons. The summed E-state index contributed by atoms with van der Waals surface area (Å²) in [5.74, 6) is 1.87. The van der Waals surface area contributed by atoms with Crippen LogP contribution in [0, 0.1) is 5.92 Å². The minimum atomic E-state index is -3.30. The van der Waals surface area contributed by atoms with E-state index in [-0.39, 0.29) is 11.8 Å². The first-order chi connectivity index (χ1) is 11.8. The van der Waals surface area contributed by atoms with Gasteiger partial charge in [0.05, 0.1) is 19.0 Å². The van der Waals surface area contributed by atoms with E-state index in [1.165, 1.54) is 0 Å². The van der Waals surface area contributed by atoms with Crippen LogP contribution in [0.3, 0.4) is 0 Å². The van der Waals surface area contributed by atoms with Crippen LogP contribution in [-0.4, -0.2) is 27.4 Å². The van der Waals surface area contributed by atoms with E-state index in [1.54, 1.807) is 0 Å². The van der Waals surface area contributed by atoms with Gasteiger partial charge in [0, 0.05) is 6.04 Å². The first kappa shape index (κ1) is 21.8. The summed E-state index contributed by atoms with van der Waals surface area (Å²) in [5.41, 5.74) is 0.864. The Kier molecular flexibility index (Phi) is 9.28. The fourth-order valence-corrected chi connectivity index (χ4v) is 3.81. The Hall–Kier alpha value is -1.27. The van der Waals surface area contributed by atoms with E-state index in [1.807, 2.05) is 45.9 Å². The summed E-state index contributed by atoms with van der Waals surface area (Å²) < 4.78 is 38.7. The van der Waals surface area contributed by atoms with Gasteiger partial charge in [-0.15, -0.1) is 0 Å². The number of hydrogen-bond acceptors (Lipinski definition) is 4. The molecule has 0 saturated heterocycles. The fraction of sp³-hybridized carbons (Fsp3) is 0.684. The van der Waals surface area contributed by atoms with Crippen molar-refractivity contribution >= 4 is 10.0 Å². The maximum atomic E-state index is 12.2. The van der Waals surface area contributed by atoms with Crippen LogP contribution >= 0.6 is 0 Å². The number of rotatable bonds is 12. The highest BCUT2D eigenvalue weighted by Gasteiger charge is 2.18. The van der Waals surface area contributed by atoms with Gasteiger partial charge in [0.15, 0.2) is 11.5 Å². The topological polar surface area (TPSA) is 64.6 Å². The number of nitrogens with one attached hydrogen (secondary N) is 1. The Morgan fingerprint density at radius 2 is 1.60 bits per heavy atom. The van der Waals surface area contributed by atoms with E-state index in [4.69, 9.17) is 9.47 Å². The van der Waals surface area contributed by atoms with Crippen LogP contribution in [0.2, 0.25) is 0 Å². The Morgan fingerprint density at radius 3 is 2.16 bits per heavy atom. The average molecular weight is 372 g/mol. The molecule has 0 aromatic heterocycles. The molecule has 0 spiro atoms. The first-order valence-corrected chi connectivity index (χ1v) is 10.8. The van der Waals surface area contributed by atoms with E-state index in [0.29, 0.717) is 37.1 Å². The largest absolute Gasteiger partial charge is 0.490 e. The standard InChI is InChI=1S/C19H33NO4S/c1-6-11-23-18-9-8-17(14-19(18)24-12-7-2)16(5)20-25(21,22)13-10-15(3)4/h8-9,14-16,20H,6-7,10-13H2,1-5H3. The minimum Gasteiger partial charge on any atom is -0.490 e. The molecule has 1 N–H and O–H groups in total. The molecule has 1 aromatic rings. The van der Waals surface area contributed by atoms with E-state index < -0.39 is 10.0 Å². The van der Waals surface area contributed by atoms with Gasteiger partial charge in [-0.25, -0.2) is 13.1 Å². The van der Waals surface area contributed by atoms with Crippen molar-refractivity contribution in [3.05, 3.63) is 23.8 Å². The highest BCUT2D eigenvalue weighted by Crippen LogP contribution is 2.31. The Balaban J connectivity index is 2.88. The van der Waals surface area contributed by atoms with Crippen LogP contribution < -0.4 is 14.2 Å². The lowest BCUT2D eigenvalue weighted by Gasteiger charge is -2.18. The molecule has 0 aliphatic rings. The molecular formula is C19H33NO4S. The number of hydrogen-bond donors (Lipinski definition) is 1. The molecule has 0 bridgehead atoms. The zero-order valence-corrected chi connectivity index (χ0v) is 17.0. The molecule has 1 unspecified atom stereocenters. The van der Waals surface area contributed by atoms with Crippen molar-refractivity contribution in [1.82, 2.24) is 4.72 Å². The summed E-state index contributed by atoms with van der Waals surface area (Å²) in [4.78, 5) is 0. The lowest BCUT2D eigenvalue weighted by molar-refractivity contribution is 0.268. The van der Waals surface area contributed by atoms with Gasteiger partial charge in [-0.05, 0) is 49.8 Å². The Labute approximate surface area is 153 Å². The van der Waals surface area contributed by atoms with Crippen molar-refractivity contribution in [3.63, 3.8) is 0 Å². The average Bonchev–Trinajstić information content (AvgIpc) is 2.56. The summed E-state index contributed by atoms with van der Waals surface area (Å²) in [5, 5.41) is 0. The molecule has 0 fully saturated rings. The van der Waals surface area contributed by atoms with Gasteiger partial charge >= 0.3 is 0 Å². The Bertz CT molecular complexity index is 614. The van der Waals surface area contributed by atoms with Gasteiger partial charge in [-0.2, -0.15) is 0 Å². The molecule has 0 saturated carbocycles. The number of sulfonamides is 1. The smallest absolute Gasteiger partial charge is 0.212 e. The maximum absolute atomic E-state index is 12.2. The predicted octanol–water partition coefficient (Wildman–Crippen LogP) is 4.29. The molecule has 5 nitrogen and oxygen atoms in total. The summed E-state index contributed by atoms with van der Waals surface area (Å²) in [7, 11) is -3.30. The zero-order valence-electron chi connectivity index (χ0n) is 16.2. The molecule has 0 amide bonds. The molecule has 1 atom stereocenters. The number of ether oxygens (including phenoxy) is 2. The molecule has 6 heteroatoms. The van der Waals surface area contributed by atoms with Gasteiger partial charge < -0.3 is 9.47 Å². The zero-order chi connectivity index (χ0) is 18.9. The minimum absolute atomic E-state index is 0.145.